The van der Waals surface area contributed by atoms with Crippen LogP contribution in [0.2, 0.25) is 0 Å². The first-order valence-corrected chi connectivity index (χ1v) is 8.00. The molecule has 4 heteroatoms. The van der Waals surface area contributed by atoms with Crippen LogP contribution in [0.4, 0.5) is 0 Å². The molecule has 1 aliphatic rings. The van der Waals surface area contributed by atoms with E-state index in [1.807, 2.05) is 38.1 Å². The van der Waals surface area contributed by atoms with Gasteiger partial charge in [0.1, 0.15) is 0 Å². The fourth-order valence-electron chi connectivity index (χ4n) is 3.07. The number of benzene rings is 1. The van der Waals surface area contributed by atoms with Crippen LogP contribution < -0.4 is 9.47 Å². The van der Waals surface area contributed by atoms with E-state index in [9.17, 15) is 4.79 Å². The van der Waals surface area contributed by atoms with Crippen molar-refractivity contribution in [3.05, 3.63) is 46.8 Å². The van der Waals surface area contributed by atoms with E-state index >= 15 is 0 Å². The molecule has 0 amide bonds. The third-order valence-corrected chi connectivity index (χ3v) is 4.37. The molecule has 1 heterocycles. The lowest BCUT2D eigenvalue weighted by Crippen LogP contribution is -2.13. The zero-order valence-electron chi connectivity index (χ0n) is 14.2. The summed E-state index contributed by atoms with van der Waals surface area (Å²) in [5, 5.41) is 0. The van der Waals surface area contributed by atoms with E-state index in [0.717, 1.165) is 22.5 Å². The third kappa shape index (κ3) is 3.11. The van der Waals surface area contributed by atoms with Crippen LogP contribution in [0.1, 0.15) is 46.2 Å². The number of ketones is 1. The van der Waals surface area contributed by atoms with E-state index in [1.54, 1.807) is 7.11 Å². The summed E-state index contributed by atoms with van der Waals surface area (Å²) in [5.74, 6) is 1.26. The number of aryl methyl sites for hydroxylation is 2. The first-order chi connectivity index (χ1) is 11.0. The summed E-state index contributed by atoms with van der Waals surface area (Å²) >= 11 is 0. The second kappa shape index (κ2) is 6.11. The van der Waals surface area contributed by atoms with Crippen molar-refractivity contribution < 1.29 is 14.3 Å². The van der Waals surface area contributed by atoms with Gasteiger partial charge in [-0.2, -0.15) is 0 Å². The molecule has 1 aromatic carbocycles. The average molecular weight is 313 g/mol. The molecular formula is C19H23NO3. The summed E-state index contributed by atoms with van der Waals surface area (Å²) in [4.78, 5) is 12.5. The Morgan fingerprint density at radius 2 is 1.91 bits per heavy atom. The molecule has 122 valence electrons. The van der Waals surface area contributed by atoms with E-state index < -0.39 is 0 Å². The molecule has 0 unspecified atom stereocenters. The molecule has 1 fully saturated rings. The van der Waals surface area contributed by atoms with E-state index in [0.29, 0.717) is 17.5 Å². The van der Waals surface area contributed by atoms with Gasteiger partial charge in [-0.15, -0.1) is 0 Å². The standard InChI is InChI=1S/C19H23NO3/c1-12-5-8-18(19(9-12)22-4)23-11-17(21)16-10-13(2)20(14(16)3)15-6-7-15/h5,8-10,15H,6-7,11H2,1-4H3. The second-order valence-corrected chi connectivity index (χ2v) is 6.25. The Kier molecular flexibility index (Phi) is 4.16. The minimum absolute atomic E-state index is 0.00706. The van der Waals surface area contributed by atoms with Crippen molar-refractivity contribution in [1.29, 1.82) is 0 Å². The van der Waals surface area contributed by atoms with Crippen molar-refractivity contribution in [2.45, 2.75) is 39.7 Å². The van der Waals surface area contributed by atoms with E-state index in [1.165, 1.54) is 12.8 Å². The van der Waals surface area contributed by atoms with E-state index in [4.69, 9.17) is 9.47 Å². The Morgan fingerprint density at radius 3 is 2.57 bits per heavy atom. The number of methoxy groups -OCH3 is 1. The molecule has 1 aliphatic carbocycles. The number of hydrogen-bond acceptors (Lipinski definition) is 3. The molecule has 0 bridgehead atoms. The molecule has 0 N–H and O–H groups in total. The summed E-state index contributed by atoms with van der Waals surface area (Å²) in [5.41, 5.74) is 4.06. The first-order valence-electron chi connectivity index (χ1n) is 8.00. The SMILES string of the molecule is COc1cc(C)ccc1OCC(=O)c1cc(C)n(C2CC2)c1C. The van der Waals surface area contributed by atoms with Gasteiger partial charge >= 0.3 is 0 Å². The number of ether oxygens (including phenoxy) is 2. The summed E-state index contributed by atoms with van der Waals surface area (Å²) in [6, 6.07) is 8.25. The zero-order valence-corrected chi connectivity index (χ0v) is 14.2. The van der Waals surface area contributed by atoms with Crippen molar-refractivity contribution in [1.82, 2.24) is 4.57 Å². The van der Waals surface area contributed by atoms with Gasteiger partial charge in [-0.1, -0.05) is 6.07 Å². The van der Waals surface area contributed by atoms with Crippen molar-refractivity contribution in [3.63, 3.8) is 0 Å². The second-order valence-electron chi connectivity index (χ2n) is 6.25. The predicted molar refractivity (Wildman–Crippen MR) is 89.7 cm³/mol. The Hall–Kier alpha value is -2.23. The minimum atomic E-state index is 0.00706. The lowest BCUT2D eigenvalue weighted by Gasteiger charge is -2.11. The van der Waals surface area contributed by atoms with Crippen LogP contribution in [0.15, 0.2) is 24.3 Å². The quantitative estimate of drug-likeness (QED) is 0.756. The molecule has 0 saturated heterocycles. The van der Waals surface area contributed by atoms with E-state index in [2.05, 4.69) is 11.5 Å². The van der Waals surface area contributed by atoms with Crippen LogP contribution in [0.5, 0.6) is 11.5 Å². The third-order valence-electron chi connectivity index (χ3n) is 4.37. The van der Waals surface area contributed by atoms with Gasteiger partial charge in [-0.3, -0.25) is 4.79 Å². The monoisotopic (exact) mass is 313 g/mol. The summed E-state index contributed by atoms with van der Waals surface area (Å²) in [7, 11) is 1.60. The maximum atomic E-state index is 12.5. The molecular weight excluding hydrogens is 290 g/mol. The largest absolute Gasteiger partial charge is 0.493 e. The Balaban J connectivity index is 1.74. The molecule has 1 aromatic heterocycles. The number of nitrogens with zero attached hydrogens (tertiary/aromatic N) is 1. The van der Waals surface area contributed by atoms with Gasteiger partial charge in [0.05, 0.1) is 7.11 Å². The topological polar surface area (TPSA) is 40.5 Å². The molecule has 2 aromatic rings. The number of carbonyl (C=O) groups excluding carboxylic acids is 1. The Morgan fingerprint density at radius 1 is 1.17 bits per heavy atom. The maximum absolute atomic E-state index is 12.5. The fourth-order valence-corrected chi connectivity index (χ4v) is 3.07. The van der Waals surface area contributed by atoms with Crippen LogP contribution >= 0.6 is 0 Å². The highest BCUT2D eigenvalue weighted by Gasteiger charge is 2.28. The summed E-state index contributed by atoms with van der Waals surface area (Å²) in [6.45, 7) is 6.09. The van der Waals surface area contributed by atoms with Gasteiger partial charge in [-0.05, 0) is 57.4 Å². The molecule has 4 nitrogen and oxygen atoms in total. The van der Waals surface area contributed by atoms with Gasteiger partial charge in [-0.25, -0.2) is 0 Å². The Bertz CT molecular complexity index is 741. The van der Waals surface area contributed by atoms with E-state index in [-0.39, 0.29) is 12.4 Å². The number of Topliss-reactive ketones (excluding diaryl/α,β-unsaturated/α-hetero) is 1. The molecule has 0 atom stereocenters. The maximum Gasteiger partial charge on any atom is 0.202 e. The van der Waals surface area contributed by atoms with Crippen LogP contribution in [0.25, 0.3) is 0 Å². The van der Waals surface area contributed by atoms with Crippen LogP contribution in [-0.2, 0) is 0 Å². The minimum Gasteiger partial charge on any atom is -0.493 e. The number of hydrogen-bond donors (Lipinski definition) is 0. The van der Waals surface area contributed by atoms with Crippen LogP contribution in [0.3, 0.4) is 0 Å². The van der Waals surface area contributed by atoms with Crippen molar-refractivity contribution in [2.24, 2.45) is 0 Å². The van der Waals surface area contributed by atoms with Crippen LogP contribution in [-0.4, -0.2) is 24.1 Å². The molecule has 0 radical (unpaired) electrons. The lowest BCUT2D eigenvalue weighted by atomic mass is 10.1. The van der Waals surface area contributed by atoms with Gasteiger partial charge in [0.2, 0.25) is 5.78 Å². The number of carbonyl (C=O) groups is 1. The molecule has 1 saturated carbocycles. The first kappa shape index (κ1) is 15.7. The predicted octanol–water partition coefficient (Wildman–Crippen LogP) is 4.02. The van der Waals surface area contributed by atoms with Crippen molar-refractivity contribution in [2.75, 3.05) is 13.7 Å². The highest BCUT2D eigenvalue weighted by atomic mass is 16.5. The van der Waals surface area contributed by atoms with Gasteiger partial charge in [0.25, 0.3) is 0 Å². The van der Waals surface area contributed by atoms with Crippen LogP contribution in [0, 0.1) is 20.8 Å². The van der Waals surface area contributed by atoms with Gasteiger partial charge in [0.15, 0.2) is 18.1 Å². The van der Waals surface area contributed by atoms with Crippen molar-refractivity contribution >= 4 is 5.78 Å². The highest BCUT2D eigenvalue weighted by Crippen LogP contribution is 2.38. The lowest BCUT2D eigenvalue weighted by molar-refractivity contribution is 0.0918. The zero-order chi connectivity index (χ0) is 16.6. The highest BCUT2D eigenvalue weighted by molar-refractivity contribution is 5.98. The summed E-state index contributed by atoms with van der Waals surface area (Å²) < 4.78 is 13.3. The molecule has 0 spiro atoms. The smallest absolute Gasteiger partial charge is 0.202 e. The molecule has 3 rings (SSSR count). The number of rotatable bonds is 6. The fraction of sp³-hybridized carbons (Fsp3) is 0.421. The number of aromatic nitrogens is 1. The normalized spacial score (nSPS) is 13.9. The Labute approximate surface area is 137 Å². The van der Waals surface area contributed by atoms with Gasteiger partial charge < -0.3 is 14.0 Å². The average Bonchev–Trinajstić information content (AvgIpc) is 3.31. The molecule has 23 heavy (non-hydrogen) atoms. The molecule has 0 aliphatic heterocycles. The van der Waals surface area contributed by atoms with Gasteiger partial charge in [0, 0.05) is 23.0 Å². The van der Waals surface area contributed by atoms with Crippen molar-refractivity contribution in [3.8, 4) is 11.5 Å². The summed E-state index contributed by atoms with van der Waals surface area (Å²) in [6.07, 6.45) is 2.42.